The second-order valence-electron chi connectivity index (χ2n) is 14.4. The molecule has 4 aromatic carbocycles. The summed E-state index contributed by atoms with van der Waals surface area (Å²) >= 11 is 12.8. The number of carboxylic acid groups (broad SMARTS) is 1. The first-order valence-electron chi connectivity index (χ1n) is 16.6. The third-order valence-corrected chi connectivity index (χ3v) is 15.4. The molecular formula is C40H45Cl2NO4Si. The molecule has 1 fully saturated rings. The Labute approximate surface area is 296 Å². The number of carboxylic acids is 1. The maximum atomic E-state index is 14.7. The first kappa shape index (κ1) is 35.9. The lowest BCUT2D eigenvalue weighted by Gasteiger charge is -2.51. The van der Waals surface area contributed by atoms with Crippen LogP contribution < -0.4 is 10.4 Å². The van der Waals surface area contributed by atoms with E-state index in [1.165, 1.54) is 10.4 Å². The maximum Gasteiger partial charge on any atom is 0.304 e. The molecule has 5 nitrogen and oxygen atoms in total. The van der Waals surface area contributed by atoms with Crippen LogP contribution in [0.1, 0.15) is 77.0 Å². The number of halogens is 2. The zero-order chi connectivity index (χ0) is 34.7. The molecule has 0 aromatic heterocycles. The lowest BCUT2D eigenvalue weighted by atomic mass is 9.67. The van der Waals surface area contributed by atoms with Gasteiger partial charge in [-0.2, -0.15) is 0 Å². The quantitative estimate of drug-likeness (QED) is 0.159. The van der Waals surface area contributed by atoms with Gasteiger partial charge < -0.3 is 14.4 Å². The van der Waals surface area contributed by atoms with Crippen LogP contribution in [0.2, 0.25) is 15.1 Å². The Morgan fingerprint density at radius 2 is 1.48 bits per heavy atom. The lowest BCUT2D eigenvalue weighted by Crippen LogP contribution is -2.66. The molecule has 0 unspecified atom stereocenters. The maximum absolute atomic E-state index is 14.7. The molecule has 1 aliphatic heterocycles. The highest BCUT2D eigenvalue weighted by atomic mass is 35.5. The van der Waals surface area contributed by atoms with Crippen molar-refractivity contribution in [3.63, 3.8) is 0 Å². The van der Waals surface area contributed by atoms with Crippen LogP contribution in [0.15, 0.2) is 109 Å². The Morgan fingerprint density at radius 3 is 2.00 bits per heavy atom. The van der Waals surface area contributed by atoms with Gasteiger partial charge >= 0.3 is 5.97 Å². The molecule has 0 aliphatic carbocycles. The van der Waals surface area contributed by atoms with E-state index in [1.807, 2.05) is 65.6 Å². The average molecular weight is 703 g/mol. The molecular weight excluding hydrogens is 657 g/mol. The normalized spacial score (nSPS) is 20.8. The summed E-state index contributed by atoms with van der Waals surface area (Å²) in [6, 6.07) is 35.7. The highest BCUT2D eigenvalue weighted by molar-refractivity contribution is 6.99. The largest absolute Gasteiger partial charge is 0.481 e. The van der Waals surface area contributed by atoms with Crippen LogP contribution in [0.5, 0.6) is 0 Å². The van der Waals surface area contributed by atoms with Crippen LogP contribution in [0.25, 0.3) is 0 Å². The number of likely N-dealkylation sites (tertiary alicyclic amines) is 1. The fraction of sp³-hybridized carbons (Fsp3) is 0.350. The van der Waals surface area contributed by atoms with Gasteiger partial charge in [0.25, 0.3) is 8.32 Å². The van der Waals surface area contributed by atoms with Crippen molar-refractivity contribution in [2.24, 2.45) is 5.41 Å². The third-order valence-electron chi connectivity index (χ3n) is 9.88. The van der Waals surface area contributed by atoms with Gasteiger partial charge in [0.1, 0.15) is 0 Å². The number of carbonyl (C=O) groups excluding carboxylic acids is 1. The summed E-state index contributed by atoms with van der Waals surface area (Å²) in [5.41, 5.74) is 0.789. The Balaban J connectivity index is 1.56. The van der Waals surface area contributed by atoms with Crippen LogP contribution >= 0.6 is 23.2 Å². The number of aliphatic carboxylic acids is 1. The zero-order valence-corrected chi connectivity index (χ0v) is 30.8. The van der Waals surface area contributed by atoms with Crippen molar-refractivity contribution >= 4 is 53.8 Å². The average Bonchev–Trinajstić information content (AvgIpc) is 3.04. The predicted molar refractivity (Wildman–Crippen MR) is 198 cm³/mol. The summed E-state index contributed by atoms with van der Waals surface area (Å²) in [5.74, 6) is -1.36. The highest BCUT2D eigenvalue weighted by Gasteiger charge is 2.53. The van der Waals surface area contributed by atoms with E-state index < -0.39 is 19.7 Å². The monoisotopic (exact) mass is 701 g/mol. The van der Waals surface area contributed by atoms with E-state index >= 15 is 0 Å². The molecule has 1 saturated heterocycles. The minimum atomic E-state index is -2.80. The van der Waals surface area contributed by atoms with Gasteiger partial charge in [-0.25, -0.2) is 0 Å². The van der Waals surface area contributed by atoms with Crippen molar-refractivity contribution in [2.75, 3.05) is 6.61 Å². The zero-order valence-electron chi connectivity index (χ0n) is 28.3. The van der Waals surface area contributed by atoms with Crippen molar-refractivity contribution in [2.45, 2.75) is 76.9 Å². The number of hydrogen-bond acceptors (Lipinski definition) is 3. The number of nitrogens with zero attached hydrogens (tertiary/aromatic N) is 1. The van der Waals surface area contributed by atoms with Gasteiger partial charge in [0.15, 0.2) is 0 Å². The molecule has 1 N–H and O–H groups in total. The van der Waals surface area contributed by atoms with Crippen molar-refractivity contribution in [3.8, 4) is 0 Å². The first-order chi connectivity index (χ1) is 22.8. The summed E-state index contributed by atoms with van der Waals surface area (Å²) in [4.78, 5) is 28.8. The van der Waals surface area contributed by atoms with E-state index in [0.717, 1.165) is 11.1 Å². The molecule has 4 aromatic rings. The summed E-state index contributed by atoms with van der Waals surface area (Å²) in [7, 11) is -2.80. The fourth-order valence-corrected chi connectivity index (χ4v) is 12.5. The van der Waals surface area contributed by atoms with Gasteiger partial charge in [0.05, 0.1) is 17.9 Å². The molecule has 5 rings (SSSR count). The third kappa shape index (κ3) is 7.28. The number of carbonyl (C=O) groups is 2. The molecule has 4 atom stereocenters. The van der Waals surface area contributed by atoms with E-state index in [1.54, 1.807) is 6.92 Å². The van der Waals surface area contributed by atoms with Gasteiger partial charge in [-0.05, 0) is 70.6 Å². The summed E-state index contributed by atoms with van der Waals surface area (Å²) in [6.45, 7) is 11.0. The second-order valence-corrected chi connectivity index (χ2v) is 19.5. The van der Waals surface area contributed by atoms with Crippen LogP contribution in [-0.2, 0) is 14.0 Å². The molecule has 0 bridgehead atoms. The van der Waals surface area contributed by atoms with E-state index in [0.29, 0.717) is 29.5 Å². The molecule has 1 heterocycles. The Kier molecular flexibility index (Phi) is 10.9. The number of amides is 1. The van der Waals surface area contributed by atoms with Crippen LogP contribution in [0, 0.1) is 5.41 Å². The molecule has 1 amide bonds. The molecule has 0 spiro atoms. The molecule has 252 valence electrons. The SMILES string of the molecule is C[C@@H](CCO[Si](c1ccccc1)(c1ccccc1)C(C)(C)C)N1C(=O)[C@@](C)(CC(=O)O)C[C@H](c2cccc(Cl)c2)[C@H]1c1ccc(Cl)cc1. The van der Waals surface area contributed by atoms with Crippen molar-refractivity contribution in [3.05, 3.63) is 130 Å². The van der Waals surface area contributed by atoms with E-state index in [2.05, 4.69) is 76.2 Å². The number of piperidine rings is 1. The molecule has 48 heavy (non-hydrogen) atoms. The number of hydrogen-bond donors (Lipinski definition) is 1. The van der Waals surface area contributed by atoms with Gasteiger partial charge in [0, 0.05) is 28.6 Å². The summed E-state index contributed by atoms with van der Waals surface area (Å²) < 4.78 is 7.24. The van der Waals surface area contributed by atoms with Crippen molar-refractivity contribution in [1.29, 1.82) is 0 Å². The Bertz CT molecular complexity index is 1670. The van der Waals surface area contributed by atoms with Crippen molar-refractivity contribution in [1.82, 2.24) is 4.90 Å². The van der Waals surface area contributed by atoms with E-state index in [4.69, 9.17) is 27.6 Å². The fourth-order valence-electron chi connectivity index (χ4n) is 7.65. The summed E-state index contributed by atoms with van der Waals surface area (Å²) in [6.07, 6.45) is 0.664. The minimum absolute atomic E-state index is 0.166. The standard InChI is InChI=1S/C40H45Cl2NO4Si/c1-28(23-24-47-48(39(2,3)4,33-15-8-6-9-16-33)34-17-10-7-11-18-34)43-37(29-19-21-31(41)22-20-29)35(30-13-12-14-32(42)25-30)26-40(5,38(43)46)27-36(44)45/h6-22,25,28,35,37H,23-24,26-27H2,1-5H3,(H,44,45)/t28-,35+,37+,40+/m0/s1. The topological polar surface area (TPSA) is 66.8 Å². The second kappa shape index (κ2) is 14.6. The van der Waals surface area contributed by atoms with Crippen molar-refractivity contribution < 1.29 is 19.1 Å². The van der Waals surface area contributed by atoms with E-state index in [-0.39, 0.29) is 35.4 Å². The smallest absolute Gasteiger partial charge is 0.304 e. The Hall–Kier alpha value is -3.42. The molecule has 0 saturated carbocycles. The van der Waals surface area contributed by atoms with Gasteiger partial charge in [-0.1, -0.05) is 136 Å². The van der Waals surface area contributed by atoms with E-state index in [9.17, 15) is 14.7 Å². The highest BCUT2D eigenvalue weighted by Crippen LogP contribution is 2.52. The number of benzene rings is 4. The van der Waals surface area contributed by atoms with Crippen LogP contribution in [-0.4, -0.2) is 42.8 Å². The number of rotatable bonds is 11. The van der Waals surface area contributed by atoms with Gasteiger partial charge in [-0.3, -0.25) is 9.59 Å². The first-order valence-corrected chi connectivity index (χ1v) is 19.2. The molecule has 1 aliphatic rings. The minimum Gasteiger partial charge on any atom is -0.481 e. The lowest BCUT2D eigenvalue weighted by molar-refractivity contribution is -0.160. The van der Waals surface area contributed by atoms with Crippen LogP contribution in [0.3, 0.4) is 0 Å². The summed E-state index contributed by atoms with van der Waals surface area (Å²) in [5, 5.41) is 13.4. The molecule has 0 radical (unpaired) electrons. The Morgan fingerprint density at radius 1 is 0.896 bits per heavy atom. The van der Waals surface area contributed by atoms with Gasteiger partial charge in [0.2, 0.25) is 5.91 Å². The predicted octanol–water partition coefficient (Wildman–Crippen LogP) is 8.89. The van der Waals surface area contributed by atoms with Crippen LogP contribution in [0.4, 0.5) is 0 Å². The molecule has 8 heteroatoms. The van der Waals surface area contributed by atoms with Gasteiger partial charge in [-0.15, -0.1) is 0 Å².